The molecule has 0 saturated heterocycles. The van der Waals surface area contributed by atoms with Crippen LogP contribution in [0.1, 0.15) is 346 Å². The number of aromatic hydroxyl groups is 6. The molecule has 0 radical (unpaired) electrons. The fraction of sp³-hybridized carbons (Fsp3) is 0.481. The monoisotopic (exact) mass is 1690 g/mol. The van der Waals surface area contributed by atoms with Crippen molar-refractivity contribution in [2.75, 3.05) is 13.7 Å². The van der Waals surface area contributed by atoms with Crippen LogP contribution in [0.5, 0.6) is 34.5 Å². The van der Waals surface area contributed by atoms with Gasteiger partial charge in [-0.05, 0) is 286 Å². The zero-order chi connectivity index (χ0) is 90.9. The minimum absolute atomic E-state index is 0.0418. The molecule has 6 aliphatic rings. The highest BCUT2D eigenvalue weighted by Gasteiger charge is 2.53. The molecule has 0 atom stereocenters. The Labute approximate surface area is 730 Å². The molecule has 0 spiro atoms. The SMILES string of the molecule is C=Cc1ccc(O)c(C(=O)OC2(C(C)(C)C)CCCC2)c1.C=Cc1ccc(O)c(C(=O)OC2(C(C)(C)CC)CCCC2)c1.C=Cc1ccc(O)c(C(=O)OC2(C(C)(C)COC)CCCC2)c1.C=Cc1ccc(O)c(C(=O)OC2(C(C)C)CCCC2)c1.C=Cc1ccc(O)c(C(=O)OC2(C)CCCC2)c1.C=Cc1ccc(O)c(C(=O)OC2(CC)CCCC2)c1. The largest absolute Gasteiger partial charge is 0.507 e. The molecule has 0 heterocycles. The van der Waals surface area contributed by atoms with E-state index < -0.39 is 52.6 Å². The molecule has 12 rings (SSSR count). The Morgan fingerprint density at radius 3 is 0.862 bits per heavy atom. The van der Waals surface area contributed by atoms with Crippen LogP contribution in [-0.4, -0.2) is 114 Å². The van der Waals surface area contributed by atoms with Crippen LogP contribution < -0.4 is 0 Å². The van der Waals surface area contributed by atoms with E-state index in [0.717, 1.165) is 200 Å². The highest BCUT2D eigenvalue weighted by atomic mass is 16.6. The molecule has 6 aromatic carbocycles. The predicted molar refractivity (Wildman–Crippen MR) is 489 cm³/mol. The van der Waals surface area contributed by atoms with Gasteiger partial charge in [0.05, 0.1) is 6.61 Å². The first-order valence-electron chi connectivity index (χ1n) is 43.7. The summed E-state index contributed by atoms with van der Waals surface area (Å²) in [5, 5.41) is 59.3. The van der Waals surface area contributed by atoms with E-state index in [4.69, 9.17) is 33.2 Å². The van der Waals surface area contributed by atoms with Gasteiger partial charge in [-0.1, -0.05) is 188 Å². The van der Waals surface area contributed by atoms with Crippen LogP contribution in [0, 0.1) is 22.2 Å². The van der Waals surface area contributed by atoms with E-state index in [-0.39, 0.29) is 107 Å². The highest BCUT2D eigenvalue weighted by Crippen LogP contribution is 2.52. The number of rotatable bonds is 25. The van der Waals surface area contributed by atoms with Crippen molar-refractivity contribution in [1.82, 2.24) is 0 Å². The second-order valence-corrected chi connectivity index (χ2v) is 36.5. The van der Waals surface area contributed by atoms with E-state index in [1.54, 1.807) is 116 Å². The van der Waals surface area contributed by atoms with E-state index >= 15 is 0 Å². The van der Waals surface area contributed by atoms with Crippen LogP contribution in [0.4, 0.5) is 0 Å². The lowest BCUT2D eigenvalue weighted by Crippen LogP contribution is -2.48. The molecule has 6 N–H and O–H groups in total. The summed E-state index contributed by atoms with van der Waals surface area (Å²) in [6.07, 6.45) is 35.1. The Hall–Kier alpha value is -10.7. The Morgan fingerprint density at radius 2 is 0.593 bits per heavy atom. The van der Waals surface area contributed by atoms with E-state index in [9.17, 15) is 59.4 Å². The number of phenolic OH excluding ortho intramolecular Hbond substituents is 6. The third-order valence-corrected chi connectivity index (χ3v) is 26.4. The standard InChI is InChI=1S/C19H26O4.C19H26O3.C18H24O3.C17H22O3.C16H20O3.C15H18O3/c1-5-14-8-9-16(20)15(12-14)17(21)23-19(10-6-7-11-19)18(2,3)13-22-4;1-5-14-9-10-16(20)15(13-14)17(21)22-19(11-7-8-12-19)18(3,4)6-2;1-5-13-8-9-15(19)14(12-13)16(20)21-18(17(2,3)4)10-6-7-11-18;1-4-13-7-8-15(18)14(11-13)16(19)20-17(12(2)3)9-5-6-10-17;1-3-12-7-8-14(17)13(11-12)15(18)19-16(4-2)9-5-6-10-16;1-3-11-6-7-13(16)12(10-11)14(17)18-15(2)8-4-5-9-15/h5,8-9,12,20H,1,6-7,10-11,13H2,2-4H3;5,9-10,13,20H,1,6-8,11-12H2,2-4H3;5,8-9,12,19H,1,6-7,10-11H2,2-4H3;4,7-8,11-12,18H,1,5-6,9-10H2,2-3H3;3,7-8,11,17H,1,4-6,9-10H2,2H3;3,6-7,10,16H,1,4-5,8-9H2,2H3. The lowest BCUT2D eigenvalue weighted by atomic mass is 9.71. The zero-order valence-corrected chi connectivity index (χ0v) is 75.3. The van der Waals surface area contributed by atoms with E-state index in [1.807, 2.05) is 13.8 Å². The molecule has 0 bridgehead atoms. The van der Waals surface area contributed by atoms with Crippen LogP contribution >= 0.6 is 0 Å². The van der Waals surface area contributed by atoms with Gasteiger partial charge in [-0.2, -0.15) is 0 Å². The first kappa shape index (κ1) is 99.4. The molecule has 666 valence electrons. The molecule has 6 aliphatic carbocycles. The third kappa shape index (κ3) is 25.1. The Morgan fingerprint density at radius 1 is 0.350 bits per heavy atom. The predicted octanol–water partition coefficient (Wildman–Crippen LogP) is 25.3. The van der Waals surface area contributed by atoms with Gasteiger partial charge in [0.2, 0.25) is 0 Å². The van der Waals surface area contributed by atoms with E-state index in [0.29, 0.717) is 6.61 Å². The normalized spacial score (nSPS) is 17.2. The van der Waals surface area contributed by atoms with E-state index in [1.165, 1.54) is 36.4 Å². The smallest absolute Gasteiger partial charge is 0.342 e. The number of hydrogen-bond donors (Lipinski definition) is 6. The van der Waals surface area contributed by atoms with Gasteiger partial charge in [-0.15, -0.1) is 0 Å². The number of ether oxygens (including phenoxy) is 7. The maximum atomic E-state index is 12.7. The second-order valence-electron chi connectivity index (χ2n) is 36.5. The summed E-state index contributed by atoms with van der Waals surface area (Å²) in [5.74, 6) is -2.74. The Kier molecular flexibility index (Phi) is 35.2. The van der Waals surface area contributed by atoms with Crippen molar-refractivity contribution in [2.45, 2.75) is 284 Å². The molecule has 6 saturated carbocycles. The van der Waals surface area contributed by atoms with Crippen molar-refractivity contribution < 1.29 is 92.6 Å². The third-order valence-electron chi connectivity index (χ3n) is 26.4. The first-order chi connectivity index (χ1) is 58.1. The summed E-state index contributed by atoms with van der Waals surface area (Å²) in [6.45, 7) is 47.6. The number of benzene rings is 6. The summed E-state index contributed by atoms with van der Waals surface area (Å²) >= 11 is 0. The first-order valence-corrected chi connectivity index (χ1v) is 43.7. The molecule has 6 aromatic rings. The topological polar surface area (TPSA) is 288 Å². The van der Waals surface area contributed by atoms with Crippen molar-refractivity contribution in [2.24, 2.45) is 22.2 Å². The number of phenols is 6. The molecule has 19 heteroatoms. The summed E-state index contributed by atoms with van der Waals surface area (Å²) in [4.78, 5) is 74.6. The molecule has 0 aliphatic heterocycles. The van der Waals surface area contributed by atoms with Gasteiger partial charge in [-0.25, -0.2) is 28.8 Å². The zero-order valence-electron chi connectivity index (χ0n) is 75.3. The lowest BCUT2D eigenvalue weighted by Gasteiger charge is -2.43. The molecular formula is C104H136O19. The summed E-state index contributed by atoms with van der Waals surface area (Å²) in [7, 11) is 1.66. The van der Waals surface area contributed by atoms with Crippen molar-refractivity contribution in [3.63, 3.8) is 0 Å². The minimum atomic E-state index is -0.559. The van der Waals surface area contributed by atoms with Crippen LogP contribution in [0.2, 0.25) is 0 Å². The van der Waals surface area contributed by atoms with Crippen molar-refractivity contribution >= 4 is 72.3 Å². The summed E-state index contributed by atoms with van der Waals surface area (Å²) in [5.41, 5.74) is 2.95. The van der Waals surface area contributed by atoms with E-state index in [2.05, 4.69) is 109 Å². The molecule has 0 aromatic heterocycles. The maximum Gasteiger partial charge on any atom is 0.342 e. The van der Waals surface area contributed by atoms with Gasteiger partial charge in [-0.3, -0.25) is 0 Å². The fourth-order valence-corrected chi connectivity index (χ4v) is 17.6. The Balaban J connectivity index is 0.000000203. The van der Waals surface area contributed by atoms with Gasteiger partial charge < -0.3 is 63.8 Å². The van der Waals surface area contributed by atoms with Crippen molar-refractivity contribution in [3.05, 3.63) is 215 Å². The number of carbonyl (C=O) groups excluding carboxylic acids is 6. The second kappa shape index (κ2) is 43.6. The number of carbonyl (C=O) groups is 6. The average molecular weight is 1690 g/mol. The van der Waals surface area contributed by atoms with Crippen LogP contribution in [-0.2, 0) is 33.2 Å². The number of hydrogen-bond acceptors (Lipinski definition) is 19. The molecule has 19 nitrogen and oxygen atoms in total. The average Bonchev–Trinajstić information content (AvgIpc) is 1.71. The number of methoxy groups -OCH3 is 1. The summed E-state index contributed by atoms with van der Waals surface area (Å²) < 4.78 is 40.2. The quantitative estimate of drug-likeness (QED) is 0.0229. The van der Waals surface area contributed by atoms with Gasteiger partial charge in [0.25, 0.3) is 0 Å². The lowest BCUT2D eigenvalue weighted by molar-refractivity contribution is -0.105. The Bertz CT molecular complexity index is 4680. The van der Waals surface area contributed by atoms with Crippen LogP contribution in [0.25, 0.3) is 36.5 Å². The molecule has 0 amide bonds. The van der Waals surface area contributed by atoms with Gasteiger partial charge >= 0.3 is 35.8 Å². The van der Waals surface area contributed by atoms with Gasteiger partial charge in [0.1, 0.15) is 101 Å². The van der Waals surface area contributed by atoms with Gasteiger partial charge in [0.15, 0.2) is 0 Å². The van der Waals surface area contributed by atoms with Crippen LogP contribution in [0.15, 0.2) is 149 Å². The number of esters is 6. The maximum absolute atomic E-state index is 12.7. The molecule has 6 fully saturated rings. The van der Waals surface area contributed by atoms with Crippen molar-refractivity contribution in [1.29, 1.82) is 0 Å². The van der Waals surface area contributed by atoms with Crippen LogP contribution in [0.3, 0.4) is 0 Å². The van der Waals surface area contributed by atoms with Gasteiger partial charge in [0, 0.05) is 23.4 Å². The molecular weight excluding hydrogens is 1550 g/mol. The highest BCUT2D eigenvalue weighted by molar-refractivity contribution is 5.97. The fourth-order valence-electron chi connectivity index (χ4n) is 17.6. The molecule has 0 unspecified atom stereocenters. The minimum Gasteiger partial charge on any atom is -0.507 e. The summed E-state index contributed by atoms with van der Waals surface area (Å²) in [6, 6.07) is 29.0. The van der Waals surface area contributed by atoms with Crippen molar-refractivity contribution in [3.8, 4) is 34.5 Å². The molecule has 123 heavy (non-hydrogen) atoms.